The molecule has 546 valence electrons. The van der Waals surface area contributed by atoms with Gasteiger partial charge in [0.15, 0.2) is 0 Å². The van der Waals surface area contributed by atoms with E-state index in [1.54, 1.807) is 62.1 Å². The SMILES string of the molecule is CC(=N)CN=Cc1c(Cl)cccc1[N+](=O)[O-].Cc1cccc(C)c1C=NCC(=N)N.Cc1cccc(Cl)c1C=NCC(=N)N.N=C(N)CN=Cc1c(Br)cccc1Br.N=C(N)CN=Cc1c(Cl)cccc1Br.N=C(N)CN=Cc1c(Cl)cccc1C(F)(F)F.N=C(N)CN=Cc1c(Cl)cccc1Cl. The Morgan fingerprint density at radius 1 is 0.388 bits per heavy atom. The predicted molar refractivity (Wildman–Crippen MR) is 436 cm³/mol. The minimum absolute atomic E-state index is 0.00410. The van der Waals surface area contributed by atoms with Crippen LogP contribution in [0, 0.1) is 68.8 Å². The van der Waals surface area contributed by atoms with Crippen molar-refractivity contribution in [1.29, 1.82) is 37.9 Å². The molecule has 0 aliphatic rings. The number of nitro benzene ring substituents is 1. The molecular weight excluding hydrogens is 1650 g/mol. The summed E-state index contributed by atoms with van der Waals surface area (Å²) in [5.41, 5.74) is 38.2. The molecule has 7 aromatic rings. The topological polar surface area (TPSA) is 453 Å². The lowest BCUT2D eigenvalue weighted by atomic mass is 10.0. The molecule has 0 aromatic heterocycles. The first-order valence-corrected chi connectivity index (χ1v) is 34.0. The normalized spacial score (nSPS) is 10.9. The molecule has 0 unspecified atom stereocenters. The summed E-state index contributed by atoms with van der Waals surface area (Å²) >= 11 is 45.4. The molecule has 0 radical (unpaired) electrons. The number of nitrogens with zero attached hydrogens (tertiary/aromatic N) is 8. The summed E-state index contributed by atoms with van der Waals surface area (Å²) in [7, 11) is 0. The fourth-order valence-electron chi connectivity index (χ4n) is 7.16. The van der Waals surface area contributed by atoms with Gasteiger partial charge in [-0.3, -0.25) is 77.5 Å². The molecule has 0 heterocycles. The van der Waals surface area contributed by atoms with Crippen LogP contribution in [0.2, 0.25) is 30.1 Å². The van der Waals surface area contributed by atoms with E-state index in [1.165, 1.54) is 47.8 Å². The van der Waals surface area contributed by atoms with Gasteiger partial charge in [0.05, 0.1) is 82.0 Å². The Morgan fingerprint density at radius 2 is 0.641 bits per heavy atom. The van der Waals surface area contributed by atoms with E-state index in [1.807, 2.05) is 87.5 Å². The van der Waals surface area contributed by atoms with Gasteiger partial charge in [0.2, 0.25) is 0 Å². The molecular formula is C68H73Br3Cl6F3N21O2. The zero-order chi connectivity index (χ0) is 77.9. The van der Waals surface area contributed by atoms with E-state index in [2.05, 4.69) is 82.7 Å². The maximum atomic E-state index is 12.6. The molecule has 35 heteroatoms. The number of alkyl halides is 3. The second-order valence-corrected chi connectivity index (χ2v) is 25.5. The lowest BCUT2D eigenvalue weighted by molar-refractivity contribution is -0.385. The van der Waals surface area contributed by atoms with Crippen molar-refractivity contribution < 1.29 is 18.1 Å². The van der Waals surface area contributed by atoms with Crippen LogP contribution in [-0.4, -0.2) is 135 Å². The number of hydrogen-bond acceptors (Lipinski definition) is 16. The van der Waals surface area contributed by atoms with Crippen molar-refractivity contribution in [2.24, 2.45) is 69.3 Å². The van der Waals surface area contributed by atoms with Gasteiger partial charge >= 0.3 is 6.18 Å². The molecule has 19 N–H and O–H groups in total. The highest BCUT2D eigenvalue weighted by Gasteiger charge is 2.33. The highest BCUT2D eigenvalue weighted by Crippen LogP contribution is 2.34. The minimum Gasteiger partial charge on any atom is -0.386 e. The minimum atomic E-state index is -4.50. The molecule has 0 spiro atoms. The summed E-state index contributed by atoms with van der Waals surface area (Å²) in [6, 6.07) is 36.2. The molecule has 7 rings (SSSR count). The number of amidine groups is 6. The van der Waals surface area contributed by atoms with Crippen molar-refractivity contribution >= 4 is 207 Å². The van der Waals surface area contributed by atoms with E-state index in [0.717, 1.165) is 53.5 Å². The molecule has 0 bridgehead atoms. The van der Waals surface area contributed by atoms with Gasteiger partial charge in [0.25, 0.3) is 5.69 Å². The lowest BCUT2D eigenvalue weighted by Crippen LogP contribution is -2.14. The predicted octanol–water partition coefficient (Wildman–Crippen LogP) is 16.5. The van der Waals surface area contributed by atoms with E-state index in [-0.39, 0.29) is 108 Å². The van der Waals surface area contributed by atoms with Crippen LogP contribution in [0.5, 0.6) is 0 Å². The highest BCUT2D eigenvalue weighted by atomic mass is 79.9. The van der Waals surface area contributed by atoms with E-state index < -0.39 is 16.7 Å². The summed E-state index contributed by atoms with van der Waals surface area (Å²) in [6.45, 7) is 8.76. The molecule has 23 nitrogen and oxygen atoms in total. The van der Waals surface area contributed by atoms with Gasteiger partial charge < -0.3 is 39.8 Å². The summed E-state index contributed by atoms with van der Waals surface area (Å²) in [5, 5.41) is 62.4. The summed E-state index contributed by atoms with van der Waals surface area (Å²) in [5.74, 6) is -0.00131. The van der Waals surface area contributed by atoms with Crippen LogP contribution in [0.4, 0.5) is 18.9 Å². The number of nitrogens with two attached hydrogens (primary N) is 6. The first kappa shape index (κ1) is 92.1. The van der Waals surface area contributed by atoms with Crippen LogP contribution in [0.25, 0.3) is 0 Å². The van der Waals surface area contributed by atoms with Gasteiger partial charge in [0.1, 0.15) is 35.0 Å². The first-order chi connectivity index (χ1) is 48.4. The molecule has 0 aliphatic heterocycles. The van der Waals surface area contributed by atoms with Crippen molar-refractivity contribution in [3.8, 4) is 0 Å². The third-order valence-corrected chi connectivity index (χ3v) is 15.9. The van der Waals surface area contributed by atoms with Crippen LogP contribution in [0.1, 0.15) is 68.1 Å². The fraction of sp³-hybridized carbons (Fsp3) is 0.176. The smallest absolute Gasteiger partial charge is 0.386 e. The zero-order valence-electron chi connectivity index (χ0n) is 55.5. The second kappa shape index (κ2) is 49.7. The van der Waals surface area contributed by atoms with Crippen LogP contribution in [0.15, 0.2) is 176 Å². The Morgan fingerprint density at radius 3 is 1.02 bits per heavy atom. The largest absolute Gasteiger partial charge is 0.417 e. The highest BCUT2D eigenvalue weighted by molar-refractivity contribution is 9.11. The van der Waals surface area contributed by atoms with Crippen molar-refractivity contribution in [3.05, 3.63) is 242 Å². The summed E-state index contributed by atoms with van der Waals surface area (Å²) < 4.78 is 40.7. The van der Waals surface area contributed by atoms with E-state index in [4.69, 9.17) is 142 Å². The van der Waals surface area contributed by atoms with Gasteiger partial charge in [-0.1, -0.05) is 178 Å². The molecule has 0 atom stereocenters. The number of nitro groups is 1. The number of halogens is 12. The lowest BCUT2D eigenvalue weighted by Gasteiger charge is -2.10. The van der Waals surface area contributed by atoms with Crippen LogP contribution >= 0.6 is 117 Å². The zero-order valence-corrected chi connectivity index (χ0v) is 64.8. The van der Waals surface area contributed by atoms with E-state index in [9.17, 15) is 23.3 Å². The molecule has 7 aromatic carbocycles. The quantitative estimate of drug-likeness (QED) is 0.0133. The average molecular weight is 1730 g/mol. The van der Waals surface area contributed by atoms with E-state index >= 15 is 0 Å². The summed E-state index contributed by atoms with van der Waals surface area (Å²) in [6.07, 6.45) is 6.06. The Kier molecular flexibility index (Phi) is 44.4. The third-order valence-electron chi connectivity index (χ3n) is 11.8. The Hall–Kier alpha value is -8.91. The first-order valence-electron chi connectivity index (χ1n) is 29.3. The van der Waals surface area contributed by atoms with Crippen LogP contribution < -0.4 is 34.4 Å². The van der Waals surface area contributed by atoms with Crippen molar-refractivity contribution in [3.63, 3.8) is 0 Å². The molecule has 103 heavy (non-hydrogen) atoms. The number of rotatable bonds is 22. The van der Waals surface area contributed by atoms with E-state index in [0.29, 0.717) is 31.4 Å². The molecule has 0 saturated carbocycles. The standard InChI is InChI=1S/C11H15N3.C10H9ClF3N3.C10H10ClN3O2.C10H12ClN3.C9H9Br2N3.C9H9BrClN3.C9H9Cl2N3/c1-8-4-3-5-9(2)10(8)6-14-7-11(12)13;11-8-3-1-2-7(10(12,13)14)6(8)4-17-5-9(15)16;1-7(12)5-13-6-8-9(11)3-2-4-10(8)14(15)16;1-7-3-2-4-9(11)8(7)5-14-6-10(12)13;3*10-7-2-1-3-8(11)6(7)4-14-5-9(12)13/h3-6H,7H2,1-2H3,(H3,12,13);1-4H,5H2,(H3,15,16);2-4,6,12H,5H2,1H3;2-5H,6H2,1H3,(H3,12,13);3*1-4H,5H2,(H3,12,13). The molecule has 0 amide bonds. The van der Waals surface area contributed by atoms with Gasteiger partial charge in [-0.2, -0.15) is 13.2 Å². The van der Waals surface area contributed by atoms with Gasteiger partial charge in [-0.25, -0.2) is 0 Å². The molecule has 0 saturated heterocycles. The Balaban J connectivity index is 0.000000602. The second-order valence-electron chi connectivity index (χ2n) is 20.5. The number of aliphatic imine (C=N–C) groups is 7. The van der Waals surface area contributed by atoms with Crippen LogP contribution in [-0.2, 0) is 6.18 Å². The number of benzene rings is 7. The maximum absolute atomic E-state index is 12.6. The Labute approximate surface area is 649 Å². The number of hydrogen-bond donors (Lipinski definition) is 13. The van der Waals surface area contributed by atoms with Crippen LogP contribution in [0.3, 0.4) is 0 Å². The maximum Gasteiger partial charge on any atom is 0.417 e. The van der Waals surface area contributed by atoms with Gasteiger partial charge in [0, 0.05) is 107 Å². The molecule has 0 fully saturated rings. The van der Waals surface area contributed by atoms with Gasteiger partial charge in [-0.15, -0.1) is 0 Å². The Bertz CT molecular complexity index is 3780. The number of aryl methyl sites for hydroxylation is 3. The average Bonchev–Trinajstić information content (AvgIpc) is 0.823. The van der Waals surface area contributed by atoms with Crippen molar-refractivity contribution in [2.75, 3.05) is 45.8 Å². The fourth-order valence-corrected chi connectivity index (χ4v) is 10.4. The third kappa shape index (κ3) is 38.8. The monoisotopic (exact) mass is 1720 g/mol. The molecule has 0 aliphatic carbocycles. The van der Waals surface area contributed by atoms with Crippen molar-refractivity contribution in [2.45, 2.75) is 33.9 Å². The van der Waals surface area contributed by atoms with Gasteiger partial charge in [-0.05, 0) is 111 Å². The number of nitrogens with one attached hydrogen (secondary N) is 7. The van der Waals surface area contributed by atoms with Crippen molar-refractivity contribution in [1.82, 2.24) is 0 Å². The summed E-state index contributed by atoms with van der Waals surface area (Å²) in [4.78, 5) is 37.7.